The number of allylic oxidation sites excluding steroid dienone is 3. The molecule has 136 valence electrons. The Balaban J connectivity index is 2.01. The van der Waals surface area contributed by atoms with Crippen molar-refractivity contribution in [3.63, 3.8) is 0 Å². The zero-order chi connectivity index (χ0) is 18.8. The quantitative estimate of drug-likeness (QED) is 0.645. The molecule has 0 bridgehead atoms. The Hall–Kier alpha value is -1.80. The van der Waals surface area contributed by atoms with Crippen molar-refractivity contribution < 1.29 is 0 Å². The van der Waals surface area contributed by atoms with Crippen LogP contribution in [0.1, 0.15) is 18.1 Å². The Kier molecular flexibility index (Phi) is 5.72. The average Bonchev–Trinajstić information content (AvgIpc) is 2.63. The van der Waals surface area contributed by atoms with Gasteiger partial charge in [-0.3, -0.25) is 0 Å². The standard InChI is InChI=1S/C22H25ClN2Se/c1-16-14-21(17-6-10-19(11-7-17)24(2)3)26(23)22(15-16)18-8-12-20(13-9-18)25(4)5/h6-15H,1-5H3. The normalized spacial score (nSPS) is 16.8. The minimum absolute atomic E-state index is 1.20. The number of halogens is 1. The summed E-state index contributed by atoms with van der Waals surface area (Å²) in [6, 6.07) is 17.4. The van der Waals surface area contributed by atoms with E-state index in [1.54, 1.807) is 0 Å². The molecule has 0 aromatic heterocycles. The first kappa shape index (κ1) is 19.0. The van der Waals surface area contributed by atoms with E-state index in [2.05, 4.69) is 106 Å². The van der Waals surface area contributed by atoms with Crippen molar-refractivity contribution in [2.24, 2.45) is 0 Å². The van der Waals surface area contributed by atoms with Crippen molar-refractivity contribution in [3.05, 3.63) is 77.4 Å². The van der Waals surface area contributed by atoms with Crippen LogP contribution < -0.4 is 9.80 Å². The van der Waals surface area contributed by atoms with Gasteiger partial charge in [0, 0.05) is 0 Å². The molecule has 1 heterocycles. The Labute approximate surface area is 165 Å². The molecule has 0 saturated heterocycles. The molecule has 3 rings (SSSR count). The molecule has 0 fully saturated rings. The van der Waals surface area contributed by atoms with Crippen molar-refractivity contribution in [1.29, 1.82) is 0 Å². The van der Waals surface area contributed by atoms with Gasteiger partial charge in [-0.15, -0.1) is 0 Å². The van der Waals surface area contributed by atoms with E-state index in [9.17, 15) is 0 Å². The Morgan fingerprint density at radius 3 is 1.62 bits per heavy atom. The molecule has 0 N–H and O–H groups in total. The Morgan fingerprint density at radius 1 is 0.692 bits per heavy atom. The van der Waals surface area contributed by atoms with E-state index in [-0.39, 0.29) is 0 Å². The van der Waals surface area contributed by atoms with Crippen molar-refractivity contribution in [2.75, 3.05) is 38.0 Å². The molecule has 2 nitrogen and oxygen atoms in total. The number of hydrogen-bond acceptors (Lipinski definition) is 2. The first-order chi connectivity index (χ1) is 12.4. The van der Waals surface area contributed by atoms with Crippen LogP contribution in [0.15, 0.2) is 66.3 Å². The molecular weight excluding hydrogens is 407 g/mol. The fraction of sp³-hybridized carbons (Fsp3) is 0.227. The van der Waals surface area contributed by atoms with Crippen LogP contribution in [0.2, 0.25) is 0 Å². The second-order valence-electron chi connectivity index (χ2n) is 6.90. The second-order valence-corrected chi connectivity index (χ2v) is 11.4. The fourth-order valence-corrected chi connectivity index (χ4v) is 7.44. The van der Waals surface area contributed by atoms with Gasteiger partial charge in [-0.1, -0.05) is 0 Å². The molecule has 0 aliphatic carbocycles. The maximum absolute atomic E-state index is 7.04. The zero-order valence-electron chi connectivity index (χ0n) is 16.0. The third-order valence-electron chi connectivity index (χ3n) is 4.44. The Morgan fingerprint density at radius 2 is 1.15 bits per heavy atom. The second kappa shape index (κ2) is 7.84. The van der Waals surface area contributed by atoms with Gasteiger partial charge in [-0.2, -0.15) is 0 Å². The molecular formula is C22H25ClN2Se. The SMILES string of the molecule is CC1=CC(c2ccc(N(C)C)cc2)=[Se](Cl)C(c2ccc(N(C)C)cc2)=C1. The van der Waals surface area contributed by atoms with Gasteiger partial charge in [0.1, 0.15) is 0 Å². The molecule has 1 aliphatic heterocycles. The average molecular weight is 432 g/mol. The van der Waals surface area contributed by atoms with Crippen LogP contribution >= 0.6 is 10.1 Å². The summed E-state index contributed by atoms with van der Waals surface area (Å²) in [5.74, 6) is 0. The summed E-state index contributed by atoms with van der Waals surface area (Å²) < 4.78 is 2.56. The van der Waals surface area contributed by atoms with E-state index in [0.717, 1.165) is 0 Å². The summed E-state index contributed by atoms with van der Waals surface area (Å²) in [6.45, 7) is 2.15. The molecule has 4 heteroatoms. The summed E-state index contributed by atoms with van der Waals surface area (Å²) in [5.41, 5.74) is 6.11. The molecule has 0 radical (unpaired) electrons. The predicted molar refractivity (Wildman–Crippen MR) is 119 cm³/mol. The van der Waals surface area contributed by atoms with E-state index >= 15 is 0 Å². The number of nitrogens with zero attached hydrogens (tertiary/aromatic N) is 2. The minimum atomic E-state index is -1.59. The van der Waals surface area contributed by atoms with Gasteiger partial charge in [0.2, 0.25) is 0 Å². The summed E-state index contributed by atoms with van der Waals surface area (Å²) in [4.78, 5) is 4.23. The topological polar surface area (TPSA) is 6.48 Å². The molecule has 2 aromatic rings. The van der Waals surface area contributed by atoms with Crippen LogP contribution in [0, 0.1) is 0 Å². The summed E-state index contributed by atoms with van der Waals surface area (Å²) in [6.07, 6.45) is 4.50. The van der Waals surface area contributed by atoms with E-state index in [1.165, 1.54) is 37.0 Å². The van der Waals surface area contributed by atoms with Gasteiger partial charge >= 0.3 is 165 Å². The van der Waals surface area contributed by atoms with E-state index in [1.807, 2.05) is 0 Å². The van der Waals surface area contributed by atoms with Crippen molar-refractivity contribution in [3.8, 4) is 0 Å². The van der Waals surface area contributed by atoms with Gasteiger partial charge in [-0.05, 0) is 0 Å². The Bertz CT molecular complexity index is 889. The molecule has 0 spiro atoms. The van der Waals surface area contributed by atoms with Crippen LogP contribution in [0.5, 0.6) is 0 Å². The van der Waals surface area contributed by atoms with Gasteiger partial charge in [0.25, 0.3) is 0 Å². The number of hydrogen-bond donors (Lipinski definition) is 0. The van der Waals surface area contributed by atoms with E-state index in [4.69, 9.17) is 10.1 Å². The fourth-order valence-electron chi connectivity index (χ4n) is 2.90. The van der Waals surface area contributed by atoms with Crippen molar-refractivity contribution in [1.82, 2.24) is 0 Å². The number of benzene rings is 2. The molecule has 1 unspecified atom stereocenters. The molecule has 2 aromatic carbocycles. The molecule has 0 saturated carbocycles. The van der Waals surface area contributed by atoms with E-state index in [0.29, 0.717) is 0 Å². The molecule has 1 atom stereocenters. The predicted octanol–water partition coefficient (Wildman–Crippen LogP) is 4.73. The first-order valence-electron chi connectivity index (χ1n) is 8.60. The third-order valence-corrected chi connectivity index (χ3v) is 9.27. The summed E-state index contributed by atoms with van der Waals surface area (Å²) in [5, 5.41) is 0. The van der Waals surface area contributed by atoms with Crippen LogP contribution in [-0.4, -0.2) is 45.2 Å². The van der Waals surface area contributed by atoms with Gasteiger partial charge in [0.05, 0.1) is 0 Å². The first-order valence-corrected chi connectivity index (χ1v) is 12.6. The number of rotatable bonds is 4. The number of anilines is 2. The van der Waals surface area contributed by atoms with Gasteiger partial charge in [-0.25, -0.2) is 0 Å². The monoisotopic (exact) mass is 432 g/mol. The van der Waals surface area contributed by atoms with Crippen LogP contribution in [0.3, 0.4) is 0 Å². The van der Waals surface area contributed by atoms with Crippen LogP contribution in [-0.2, 0) is 0 Å². The molecule has 0 amide bonds. The van der Waals surface area contributed by atoms with Gasteiger partial charge in [0.15, 0.2) is 0 Å². The van der Waals surface area contributed by atoms with Crippen molar-refractivity contribution in [2.45, 2.75) is 6.92 Å². The zero-order valence-corrected chi connectivity index (χ0v) is 18.4. The van der Waals surface area contributed by atoms with Crippen molar-refractivity contribution >= 4 is 42.9 Å². The van der Waals surface area contributed by atoms with Crippen LogP contribution in [0.25, 0.3) is 4.47 Å². The summed E-state index contributed by atoms with van der Waals surface area (Å²) in [7, 11) is 15.3. The molecule has 26 heavy (non-hydrogen) atoms. The third kappa shape index (κ3) is 3.96. The van der Waals surface area contributed by atoms with E-state index < -0.39 is 12.6 Å². The van der Waals surface area contributed by atoms with Gasteiger partial charge < -0.3 is 0 Å². The maximum atomic E-state index is 7.04. The van der Waals surface area contributed by atoms with Crippen LogP contribution in [0.4, 0.5) is 11.4 Å². The molecule has 1 aliphatic rings. The summed E-state index contributed by atoms with van der Waals surface area (Å²) >= 11 is -1.59.